The second-order valence-electron chi connectivity index (χ2n) is 5.69. The lowest BCUT2D eigenvalue weighted by Gasteiger charge is -2.28. The summed E-state index contributed by atoms with van der Waals surface area (Å²) in [6.45, 7) is 9.41. The summed E-state index contributed by atoms with van der Waals surface area (Å²) in [5.74, 6) is -0.217. The number of aldehydes is 1. The topological polar surface area (TPSA) is 67.9 Å². The number of hydrogen-bond acceptors (Lipinski definition) is 5. The van der Waals surface area contributed by atoms with Crippen molar-refractivity contribution in [3.63, 3.8) is 0 Å². The SMILES string of the molecule is CC(C)(C)OC(=O)NCC(C=O)CN1CCOCC1. The Kier molecular flexibility index (Phi) is 6.24. The fraction of sp³-hybridized carbons (Fsp3) is 0.846. The highest BCUT2D eigenvalue weighted by molar-refractivity contribution is 5.68. The highest BCUT2D eigenvalue weighted by Crippen LogP contribution is 2.07. The zero-order valence-electron chi connectivity index (χ0n) is 12.0. The standard InChI is InChI=1S/C13H24N2O4/c1-13(2,3)19-12(17)14-8-11(10-16)9-15-4-6-18-7-5-15/h10-11H,4-9H2,1-3H3,(H,14,17). The third-order valence-corrected chi connectivity index (χ3v) is 2.70. The van der Waals surface area contributed by atoms with Crippen LogP contribution in [0, 0.1) is 5.92 Å². The second-order valence-corrected chi connectivity index (χ2v) is 5.69. The minimum absolute atomic E-state index is 0.217. The molecule has 1 amide bonds. The molecule has 0 aromatic rings. The molecule has 1 unspecified atom stereocenters. The number of amides is 1. The smallest absolute Gasteiger partial charge is 0.407 e. The molecule has 1 N–H and O–H groups in total. The van der Waals surface area contributed by atoms with Gasteiger partial charge in [-0.3, -0.25) is 4.90 Å². The molecule has 0 aromatic carbocycles. The van der Waals surface area contributed by atoms with Crippen LogP contribution < -0.4 is 5.32 Å². The minimum Gasteiger partial charge on any atom is -0.444 e. The first kappa shape index (κ1) is 15.9. The highest BCUT2D eigenvalue weighted by atomic mass is 16.6. The van der Waals surface area contributed by atoms with Gasteiger partial charge < -0.3 is 19.6 Å². The van der Waals surface area contributed by atoms with Gasteiger partial charge in [0.25, 0.3) is 0 Å². The zero-order chi connectivity index (χ0) is 14.3. The molecule has 1 atom stereocenters. The molecule has 1 heterocycles. The van der Waals surface area contributed by atoms with Gasteiger partial charge in [-0.05, 0) is 20.8 Å². The molecule has 1 fully saturated rings. The van der Waals surface area contributed by atoms with Crippen LogP contribution in [0.2, 0.25) is 0 Å². The number of alkyl carbamates (subject to hydrolysis) is 1. The first-order valence-corrected chi connectivity index (χ1v) is 6.63. The molecule has 6 heteroatoms. The summed E-state index contributed by atoms with van der Waals surface area (Å²) in [6.07, 6.45) is 0.397. The van der Waals surface area contributed by atoms with Crippen LogP contribution >= 0.6 is 0 Å². The number of carbonyl (C=O) groups is 2. The molecular formula is C13H24N2O4. The highest BCUT2D eigenvalue weighted by Gasteiger charge is 2.19. The van der Waals surface area contributed by atoms with E-state index in [1.807, 2.05) is 0 Å². The number of carbonyl (C=O) groups excluding carboxylic acids is 2. The van der Waals surface area contributed by atoms with Crippen LogP contribution in [-0.2, 0) is 14.3 Å². The summed E-state index contributed by atoms with van der Waals surface area (Å²) in [5.41, 5.74) is -0.523. The van der Waals surface area contributed by atoms with Crippen LogP contribution in [0.3, 0.4) is 0 Å². The lowest BCUT2D eigenvalue weighted by atomic mass is 10.1. The maximum absolute atomic E-state index is 11.5. The molecule has 1 aliphatic rings. The van der Waals surface area contributed by atoms with E-state index in [9.17, 15) is 9.59 Å². The minimum atomic E-state index is -0.523. The van der Waals surface area contributed by atoms with Gasteiger partial charge in [0.1, 0.15) is 11.9 Å². The van der Waals surface area contributed by atoms with Crippen molar-refractivity contribution in [2.45, 2.75) is 26.4 Å². The fourth-order valence-electron chi connectivity index (χ4n) is 1.80. The summed E-state index contributed by atoms with van der Waals surface area (Å²) >= 11 is 0. The predicted molar refractivity (Wildman–Crippen MR) is 71.0 cm³/mol. The Hall–Kier alpha value is -1.14. The fourth-order valence-corrected chi connectivity index (χ4v) is 1.80. The third-order valence-electron chi connectivity index (χ3n) is 2.70. The Morgan fingerprint density at radius 2 is 2.05 bits per heavy atom. The number of rotatable bonds is 5. The van der Waals surface area contributed by atoms with Gasteiger partial charge in [-0.1, -0.05) is 0 Å². The van der Waals surface area contributed by atoms with Crippen molar-refractivity contribution in [3.8, 4) is 0 Å². The van der Waals surface area contributed by atoms with Crippen molar-refractivity contribution in [2.24, 2.45) is 5.92 Å². The first-order chi connectivity index (χ1) is 8.90. The molecule has 0 bridgehead atoms. The maximum Gasteiger partial charge on any atom is 0.407 e. The van der Waals surface area contributed by atoms with Crippen LogP contribution in [0.1, 0.15) is 20.8 Å². The average Bonchev–Trinajstić information content (AvgIpc) is 2.33. The van der Waals surface area contributed by atoms with Gasteiger partial charge in [0.05, 0.1) is 13.2 Å². The van der Waals surface area contributed by atoms with Crippen LogP contribution in [0.15, 0.2) is 0 Å². The van der Waals surface area contributed by atoms with Crippen molar-refractivity contribution >= 4 is 12.4 Å². The van der Waals surface area contributed by atoms with Crippen LogP contribution in [0.25, 0.3) is 0 Å². The third kappa shape index (κ3) is 7.12. The summed E-state index contributed by atoms with van der Waals surface area (Å²) in [6, 6.07) is 0. The van der Waals surface area contributed by atoms with Crippen LogP contribution in [0.5, 0.6) is 0 Å². The number of morpholine rings is 1. The van der Waals surface area contributed by atoms with Crippen molar-refractivity contribution in [1.29, 1.82) is 0 Å². The van der Waals surface area contributed by atoms with E-state index in [-0.39, 0.29) is 5.92 Å². The maximum atomic E-state index is 11.5. The van der Waals surface area contributed by atoms with Crippen molar-refractivity contribution in [2.75, 3.05) is 39.4 Å². The molecule has 1 rings (SSSR count). The van der Waals surface area contributed by atoms with Crippen LogP contribution in [0.4, 0.5) is 4.79 Å². The van der Waals surface area contributed by atoms with Gasteiger partial charge in [-0.25, -0.2) is 4.79 Å². The molecular weight excluding hydrogens is 248 g/mol. The van der Waals surface area contributed by atoms with E-state index >= 15 is 0 Å². The molecule has 0 saturated carbocycles. The Morgan fingerprint density at radius 3 is 2.58 bits per heavy atom. The molecule has 1 saturated heterocycles. The van der Waals surface area contributed by atoms with E-state index in [0.29, 0.717) is 26.3 Å². The first-order valence-electron chi connectivity index (χ1n) is 6.63. The summed E-state index contributed by atoms with van der Waals surface area (Å²) in [4.78, 5) is 24.7. The van der Waals surface area contributed by atoms with E-state index in [1.54, 1.807) is 20.8 Å². The van der Waals surface area contributed by atoms with E-state index in [2.05, 4.69) is 10.2 Å². The number of ether oxygens (including phenoxy) is 2. The van der Waals surface area contributed by atoms with Gasteiger partial charge in [0.2, 0.25) is 0 Å². The monoisotopic (exact) mass is 272 g/mol. The molecule has 6 nitrogen and oxygen atoms in total. The van der Waals surface area contributed by atoms with Crippen molar-refractivity contribution < 1.29 is 19.1 Å². The van der Waals surface area contributed by atoms with Crippen molar-refractivity contribution in [1.82, 2.24) is 10.2 Å². The number of hydrogen-bond donors (Lipinski definition) is 1. The number of nitrogens with zero attached hydrogens (tertiary/aromatic N) is 1. The van der Waals surface area contributed by atoms with E-state index in [4.69, 9.17) is 9.47 Å². The lowest BCUT2D eigenvalue weighted by molar-refractivity contribution is -0.111. The Balaban J connectivity index is 2.27. The Morgan fingerprint density at radius 1 is 1.42 bits per heavy atom. The van der Waals surface area contributed by atoms with Gasteiger partial charge in [-0.2, -0.15) is 0 Å². The zero-order valence-corrected chi connectivity index (χ0v) is 12.0. The molecule has 1 aliphatic heterocycles. The molecule has 19 heavy (non-hydrogen) atoms. The van der Waals surface area contributed by atoms with E-state index < -0.39 is 11.7 Å². The summed E-state index contributed by atoms with van der Waals surface area (Å²) in [5, 5.41) is 2.63. The molecule has 110 valence electrons. The molecule has 0 aliphatic carbocycles. The van der Waals surface area contributed by atoms with E-state index in [1.165, 1.54) is 0 Å². The van der Waals surface area contributed by atoms with E-state index in [0.717, 1.165) is 19.4 Å². The Labute approximate surface area is 114 Å². The average molecular weight is 272 g/mol. The second kappa shape index (κ2) is 7.45. The summed E-state index contributed by atoms with van der Waals surface area (Å²) < 4.78 is 10.4. The Bertz CT molecular complexity index is 296. The predicted octanol–water partition coefficient (Wildman–Crippen LogP) is 0.658. The van der Waals surface area contributed by atoms with Gasteiger partial charge in [-0.15, -0.1) is 0 Å². The summed E-state index contributed by atoms with van der Waals surface area (Å²) in [7, 11) is 0. The van der Waals surface area contributed by atoms with Gasteiger partial charge in [0, 0.05) is 32.1 Å². The number of nitrogens with one attached hydrogen (secondary N) is 1. The quantitative estimate of drug-likeness (QED) is 0.745. The van der Waals surface area contributed by atoms with Gasteiger partial charge in [0.15, 0.2) is 0 Å². The normalized spacial score (nSPS) is 18.7. The lowest BCUT2D eigenvalue weighted by Crippen LogP contribution is -2.43. The molecule has 0 spiro atoms. The van der Waals surface area contributed by atoms with Crippen LogP contribution in [-0.4, -0.2) is 62.3 Å². The largest absolute Gasteiger partial charge is 0.444 e. The molecule has 0 radical (unpaired) electrons. The molecule has 0 aromatic heterocycles. The van der Waals surface area contributed by atoms with Gasteiger partial charge >= 0.3 is 6.09 Å². The van der Waals surface area contributed by atoms with Crippen molar-refractivity contribution in [3.05, 3.63) is 0 Å².